The minimum Gasteiger partial charge on any atom is -0.321 e. The summed E-state index contributed by atoms with van der Waals surface area (Å²) < 4.78 is 14.2. The van der Waals surface area contributed by atoms with Crippen molar-refractivity contribution in [2.24, 2.45) is 0 Å². The Morgan fingerprint density at radius 2 is 1.95 bits per heavy atom. The van der Waals surface area contributed by atoms with Gasteiger partial charge in [-0.2, -0.15) is 0 Å². The van der Waals surface area contributed by atoms with Gasteiger partial charge >= 0.3 is 0 Å². The average Bonchev–Trinajstić information content (AvgIpc) is 2.38. The van der Waals surface area contributed by atoms with E-state index in [9.17, 15) is 18.8 Å². The molecule has 0 atom stereocenters. The first-order valence-electron chi connectivity index (χ1n) is 5.70. The number of benzene rings is 1. The third-order valence-corrected chi connectivity index (χ3v) is 3.12. The highest BCUT2D eigenvalue weighted by molar-refractivity contribution is 9.10. The molecule has 0 radical (unpaired) electrons. The van der Waals surface area contributed by atoms with Crippen LogP contribution in [0.3, 0.4) is 0 Å². The van der Waals surface area contributed by atoms with Crippen molar-refractivity contribution in [3.8, 4) is 0 Å². The van der Waals surface area contributed by atoms with Crippen LogP contribution >= 0.6 is 15.9 Å². The van der Waals surface area contributed by atoms with Crippen molar-refractivity contribution < 1.29 is 18.8 Å². The second kappa shape index (κ2) is 5.96. The average molecular weight is 341 g/mol. The lowest BCUT2D eigenvalue weighted by Gasteiger charge is -2.24. The Morgan fingerprint density at radius 3 is 2.60 bits per heavy atom. The van der Waals surface area contributed by atoms with Gasteiger partial charge in [-0.25, -0.2) is 4.39 Å². The zero-order valence-corrected chi connectivity index (χ0v) is 11.8. The summed E-state index contributed by atoms with van der Waals surface area (Å²) in [7, 11) is 0. The fourth-order valence-electron chi connectivity index (χ4n) is 1.70. The number of nitrogens with zero attached hydrogens (tertiary/aromatic N) is 1. The second-order valence-electron chi connectivity index (χ2n) is 4.16. The van der Waals surface area contributed by atoms with E-state index in [0.717, 1.165) is 11.0 Å². The summed E-state index contributed by atoms with van der Waals surface area (Å²) in [6.07, 6.45) is 2.44. The smallest absolute Gasteiger partial charge is 0.247 e. The fraction of sp³-hybridized carbons (Fsp3) is 0.154. The van der Waals surface area contributed by atoms with E-state index < -0.39 is 23.5 Å². The number of carbonyl (C=O) groups is 3. The van der Waals surface area contributed by atoms with E-state index in [1.807, 2.05) is 0 Å². The van der Waals surface area contributed by atoms with Crippen molar-refractivity contribution in [3.05, 3.63) is 40.1 Å². The van der Waals surface area contributed by atoms with Crippen LogP contribution in [-0.2, 0) is 14.4 Å². The van der Waals surface area contributed by atoms with E-state index in [4.69, 9.17) is 0 Å². The lowest BCUT2D eigenvalue weighted by Crippen LogP contribution is -2.52. The van der Waals surface area contributed by atoms with E-state index >= 15 is 0 Å². The van der Waals surface area contributed by atoms with Gasteiger partial charge in [0.25, 0.3) is 0 Å². The molecule has 5 nitrogen and oxygen atoms in total. The zero-order valence-electron chi connectivity index (χ0n) is 10.2. The fourth-order valence-corrected chi connectivity index (χ4v) is 2.08. The molecule has 3 amide bonds. The topological polar surface area (TPSA) is 66.5 Å². The molecule has 20 heavy (non-hydrogen) atoms. The largest absolute Gasteiger partial charge is 0.321 e. The van der Waals surface area contributed by atoms with Crippen LogP contribution < -0.4 is 5.32 Å². The molecule has 1 fully saturated rings. The highest BCUT2D eigenvalue weighted by Gasteiger charge is 2.24. The van der Waals surface area contributed by atoms with Crippen LogP contribution in [0.1, 0.15) is 5.56 Å². The van der Waals surface area contributed by atoms with Gasteiger partial charge in [-0.05, 0) is 24.3 Å². The van der Waals surface area contributed by atoms with Crippen molar-refractivity contribution in [1.29, 1.82) is 0 Å². The van der Waals surface area contributed by atoms with Gasteiger partial charge < -0.3 is 4.90 Å². The number of carbonyl (C=O) groups excluding carboxylic acids is 3. The molecule has 1 heterocycles. The van der Waals surface area contributed by atoms with Gasteiger partial charge in [0.1, 0.15) is 18.9 Å². The molecule has 0 aromatic heterocycles. The number of imide groups is 1. The maximum absolute atomic E-state index is 13.5. The predicted molar refractivity (Wildman–Crippen MR) is 72.9 cm³/mol. The number of hydrogen-bond acceptors (Lipinski definition) is 3. The molecule has 7 heteroatoms. The molecule has 1 aliphatic heterocycles. The molecule has 0 unspecified atom stereocenters. The first-order chi connectivity index (χ1) is 9.45. The quantitative estimate of drug-likeness (QED) is 0.647. The monoisotopic (exact) mass is 340 g/mol. The highest BCUT2D eigenvalue weighted by atomic mass is 79.9. The lowest BCUT2D eigenvalue weighted by molar-refractivity contribution is -0.143. The Kier molecular flexibility index (Phi) is 4.29. The summed E-state index contributed by atoms with van der Waals surface area (Å²) >= 11 is 3.20. The molecule has 1 saturated heterocycles. The molecular formula is C13H10BrFN2O3. The third-order valence-electron chi connectivity index (χ3n) is 2.62. The van der Waals surface area contributed by atoms with Crippen LogP contribution in [0.4, 0.5) is 4.39 Å². The standard InChI is InChI=1S/C13H10BrFN2O3/c14-9-2-3-10(15)8(5-9)1-4-13(20)17-6-11(18)16-12(19)7-17/h1-5H,6-7H2,(H,16,18,19). The molecule has 0 aliphatic carbocycles. The molecule has 2 rings (SSSR count). The third kappa shape index (κ3) is 3.51. The maximum atomic E-state index is 13.5. The minimum absolute atomic E-state index is 0.185. The normalized spacial score (nSPS) is 15.6. The highest BCUT2D eigenvalue weighted by Crippen LogP contribution is 2.16. The Balaban J connectivity index is 2.10. The van der Waals surface area contributed by atoms with Gasteiger partial charge in [-0.15, -0.1) is 0 Å². The predicted octanol–water partition coefficient (Wildman–Crippen LogP) is 1.09. The summed E-state index contributed by atoms with van der Waals surface area (Å²) in [5.74, 6) is -2.05. The van der Waals surface area contributed by atoms with Crippen LogP contribution in [0.25, 0.3) is 6.08 Å². The molecule has 104 valence electrons. The van der Waals surface area contributed by atoms with Gasteiger partial charge in [0.05, 0.1) is 0 Å². The first-order valence-corrected chi connectivity index (χ1v) is 6.50. The van der Waals surface area contributed by atoms with Crippen LogP contribution in [0.5, 0.6) is 0 Å². The molecular weight excluding hydrogens is 331 g/mol. The lowest BCUT2D eigenvalue weighted by atomic mass is 10.2. The number of halogens is 2. The summed E-state index contributed by atoms with van der Waals surface area (Å²) in [6, 6.07) is 4.33. The van der Waals surface area contributed by atoms with Gasteiger partial charge in [-0.3, -0.25) is 19.7 Å². The van der Waals surface area contributed by atoms with Crippen molar-refractivity contribution in [1.82, 2.24) is 10.2 Å². The first kappa shape index (κ1) is 14.4. The van der Waals surface area contributed by atoms with Gasteiger partial charge in [-0.1, -0.05) is 15.9 Å². The number of hydrogen-bond donors (Lipinski definition) is 1. The van der Waals surface area contributed by atoms with Crippen LogP contribution in [0.15, 0.2) is 28.7 Å². The van der Waals surface area contributed by atoms with E-state index in [1.54, 1.807) is 6.07 Å². The summed E-state index contributed by atoms with van der Waals surface area (Å²) in [6.45, 7) is -0.369. The Bertz CT molecular complexity index is 600. The molecule has 1 N–H and O–H groups in total. The van der Waals surface area contributed by atoms with Crippen LogP contribution in [0.2, 0.25) is 0 Å². The molecule has 1 aromatic carbocycles. The molecule has 1 aliphatic rings. The zero-order chi connectivity index (χ0) is 14.7. The SMILES string of the molecule is O=C1CN(C(=O)C=Cc2cc(Br)ccc2F)CC(=O)N1. The van der Waals surface area contributed by atoms with Crippen molar-refractivity contribution in [2.75, 3.05) is 13.1 Å². The summed E-state index contributed by atoms with van der Waals surface area (Å²) in [5, 5.41) is 2.09. The van der Waals surface area contributed by atoms with E-state index in [0.29, 0.717) is 4.47 Å². The van der Waals surface area contributed by atoms with Crippen molar-refractivity contribution in [2.45, 2.75) is 0 Å². The van der Waals surface area contributed by atoms with E-state index in [1.165, 1.54) is 18.2 Å². The van der Waals surface area contributed by atoms with Gasteiger partial charge in [0, 0.05) is 16.1 Å². The molecule has 0 bridgehead atoms. The van der Waals surface area contributed by atoms with Crippen molar-refractivity contribution in [3.63, 3.8) is 0 Å². The van der Waals surface area contributed by atoms with Gasteiger partial charge in [0.15, 0.2) is 0 Å². The number of piperazine rings is 1. The summed E-state index contributed by atoms with van der Waals surface area (Å²) in [5.41, 5.74) is 0.237. The second-order valence-corrected chi connectivity index (χ2v) is 5.08. The molecule has 1 aromatic rings. The number of amides is 3. The van der Waals surface area contributed by atoms with Crippen molar-refractivity contribution >= 4 is 39.7 Å². The molecule has 0 spiro atoms. The van der Waals surface area contributed by atoms with Crippen LogP contribution in [0, 0.1) is 5.82 Å². The Labute approximate surface area is 122 Å². The number of nitrogens with one attached hydrogen (secondary N) is 1. The van der Waals surface area contributed by atoms with Gasteiger partial charge in [0.2, 0.25) is 17.7 Å². The maximum Gasteiger partial charge on any atom is 0.247 e. The number of rotatable bonds is 2. The van der Waals surface area contributed by atoms with E-state index in [2.05, 4.69) is 21.2 Å². The van der Waals surface area contributed by atoms with E-state index in [-0.39, 0.29) is 18.7 Å². The van der Waals surface area contributed by atoms with Crippen LogP contribution in [-0.4, -0.2) is 35.7 Å². The summed E-state index contributed by atoms with van der Waals surface area (Å²) in [4.78, 5) is 35.2. The molecule has 0 saturated carbocycles. The Morgan fingerprint density at radius 1 is 1.30 bits per heavy atom. The Hall–Kier alpha value is -2.02. The minimum atomic E-state index is -0.531.